The van der Waals surface area contributed by atoms with Gasteiger partial charge < -0.3 is 9.15 Å². The highest BCUT2D eigenvalue weighted by molar-refractivity contribution is 5.82. The number of hydrogen-bond donors (Lipinski definition) is 0. The average molecular weight is 327 g/mol. The molecule has 0 saturated carbocycles. The van der Waals surface area contributed by atoms with Crippen LogP contribution < -0.4 is 4.74 Å². The van der Waals surface area contributed by atoms with Gasteiger partial charge in [-0.3, -0.25) is 0 Å². The van der Waals surface area contributed by atoms with Crippen molar-refractivity contribution < 1.29 is 9.15 Å². The Morgan fingerprint density at radius 1 is 0.840 bits per heavy atom. The zero-order valence-corrected chi connectivity index (χ0v) is 13.8. The molecule has 3 nitrogen and oxygen atoms in total. The molecule has 4 rings (SSSR count). The zero-order valence-electron chi connectivity index (χ0n) is 13.8. The third-order valence-electron chi connectivity index (χ3n) is 4.05. The fraction of sp³-hybridized carbons (Fsp3) is 0.0455. The van der Waals surface area contributed by atoms with Gasteiger partial charge in [0.1, 0.15) is 11.3 Å². The summed E-state index contributed by atoms with van der Waals surface area (Å²) in [5.74, 6) is 1.43. The largest absolute Gasteiger partial charge is 0.497 e. The van der Waals surface area contributed by atoms with Crippen LogP contribution in [0.4, 0.5) is 0 Å². The molecule has 3 heteroatoms. The first-order valence-corrected chi connectivity index (χ1v) is 8.10. The van der Waals surface area contributed by atoms with E-state index in [0.717, 1.165) is 28.0 Å². The molecule has 0 N–H and O–H groups in total. The van der Waals surface area contributed by atoms with Crippen molar-refractivity contribution in [3.05, 3.63) is 84.3 Å². The monoisotopic (exact) mass is 327 g/mol. The summed E-state index contributed by atoms with van der Waals surface area (Å²) in [5.41, 5.74) is 5.01. The Kier molecular flexibility index (Phi) is 4.05. The molecular formula is C22H17NO2. The van der Waals surface area contributed by atoms with Crippen LogP contribution in [0.25, 0.3) is 34.4 Å². The Morgan fingerprint density at radius 2 is 1.64 bits per heavy atom. The second-order valence-electron chi connectivity index (χ2n) is 5.71. The van der Waals surface area contributed by atoms with Crippen LogP contribution >= 0.6 is 0 Å². The second-order valence-corrected chi connectivity index (χ2v) is 5.71. The minimum absolute atomic E-state index is 0.594. The van der Waals surface area contributed by atoms with Gasteiger partial charge in [0.15, 0.2) is 5.58 Å². The maximum atomic E-state index is 5.80. The van der Waals surface area contributed by atoms with E-state index >= 15 is 0 Å². The fourth-order valence-electron chi connectivity index (χ4n) is 2.71. The third kappa shape index (κ3) is 3.31. The first kappa shape index (κ1) is 15.2. The summed E-state index contributed by atoms with van der Waals surface area (Å²) in [6.07, 6.45) is 3.85. The Morgan fingerprint density at radius 3 is 2.40 bits per heavy atom. The van der Waals surface area contributed by atoms with E-state index in [2.05, 4.69) is 29.2 Å². The predicted molar refractivity (Wildman–Crippen MR) is 101 cm³/mol. The lowest BCUT2D eigenvalue weighted by molar-refractivity contribution is 0.415. The van der Waals surface area contributed by atoms with Gasteiger partial charge in [-0.2, -0.15) is 0 Å². The Balaban J connectivity index is 1.61. The van der Waals surface area contributed by atoms with E-state index in [-0.39, 0.29) is 0 Å². The van der Waals surface area contributed by atoms with Gasteiger partial charge in [0.25, 0.3) is 0 Å². The molecule has 1 aromatic heterocycles. The minimum Gasteiger partial charge on any atom is -0.497 e. The van der Waals surface area contributed by atoms with Gasteiger partial charge in [0.2, 0.25) is 5.89 Å². The van der Waals surface area contributed by atoms with Crippen molar-refractivity contribution in [2.24, 2.45) is 0 Å². The Bertz CT molecular complexity index is 1020. The summed E-state index contributed by atoms with van der Waals surface area (Å²) < 4.78 is 11.0. The molecule has 0 saturated heterocycles. The van der Waals surface area contributed by atoms with E-state index in [0.29, 0.717) is 5.89 Å². The van der Waals surface area contributed by atoms with E-state index in [1.807, 2.05) is 60.7 Å². The Labute approximate surface area is 146 Å². The third-order valence-corrected chi connectivity index (χ3v) is 4.05. The van der Waals surface area contributed by atoms with Crippen molar-refractivity contribution in [2.75, 3.05) is 7.11 Å². The van der Waals surface area contributed by atoms with Crippen LogP contribution in [0, 0.1) is 0 Å². The van der Waals surface area contributed by atoms with Gasteiger partial charge in [0.05, 0.1) is 7.11 Å². The van der Waals surface area contributed by atoms with E-state index in [9.17, 15) is 0 Å². The summed E-state index contributed by atoms with van der Waals surface area (Å²) in [7, 11) is 1.66. The highest BCUT2D eigenvalue weighted by Gasteiger charge is 2.05. The van der Waals surface area contributed by atoms with Gasteiger partial charge in [0, 0.05) is 6.08 Å². The number of nitrogens with zero attached hydrogens (tertiary/aromatic N) is 1. The smallest absolute Gasteiger partial charge is 0.220 e. The molecule has 0 bridgehead atoms. The number of ether oxygens (including phenoxy) is 1. The molecule has 4 aromatic rings. The van der Waals surface area contributed by atoms with Crippen LogP contribution in [0.2, 0.25) is 0 Å². The first-order chi connectivity index (χ1) is 12.3. The maximum Gasteiger partial charge on any atom is 0.220 e. The number of rotatable bonds is 4. The molecule has 0 fully saturated rings. The van der Waals surface area contributed by atoms with Gasteiger partial charge >= 0.3 is 0 Å². The summed E-state index contributed by atoms with van der Waals surface area (Å²) in [5, 5.41) is 0. The van der Waals surface area contributed by atoms with Crippen molar-refractivity contribution in [1.29, 1.82) is 0 Å². The number of methoxy groups -OCH3 is 1. The average Bonchev–Trinajstić information content (AvgIpc) is 3.09. The molecule has 0 aliphatic heterocycles. The number of aromatic nitrogens is 1. The van der Waals surface area contributed by atoms with Crippen molar-refractivity contribution in [2.45, 2.75) is 0 Å². The molecule has 0 atom stereocenters. The topological polar surface area (TPSA) is 35.3 Å². The summed E-state index contributed by atoms with van der Waals surface area (Å²) in [6.45, 7) is 0. The van der Waals surface area contributed by atoms with Gasteiger partial charge in [-0.25, -0.2) is 4.98 Å². The lowest BCUT2D eigenvalue weighted by Gasteiger charge is -1.99. The Hall–Kier alpha value is -3.33. The molecule has 0 aliphatic rings. The molecule has 1 heterocycles. The molecule has 0 unspecified atom stereocenters. The second kappa shape index (κ2) is 6.65. The molecule has 0 spiro atoms. The van der Waals surface area contributed by atoms with E-state index in [4.69, 9.17) is 9.15 Å². The number of fused-ring (bicyclic) bond motifs is 1. The summed E-state index contributed by atoms with van der Waals surface area (Å²) in [4.78, 5) is 4.57. The zero-order chi connectivity index (χ0) is 17.1. The van der Waals surface area contributed by atoms with E-state index in [1.165, 1.54) is 5.56 Å². The lowest BCUT2D eigenvalue weighted by atomic mass is 10.1. The van der Waals surface area contributed by atoms with Crippen LogP contribution in [0.3, 0.4) is 0 Å². The number of hydrogen-bond acceptors (Lipinski definition) is 3. The summed E-state index contributed by atoms with van der Waals surface area (Å²) in [6, 6.07) is 24.2. The van der Waals surface area contributed by atoms with Crippen molar-refractivity contribution in [1.82, 2.24) is 4.98 Å². The van der Waals surface area contributed by atoms with E-state index in [1.54, 1.807) is 7.11 Å². The van der Waals surface area contributed by atoms with Crippen LogP contribution in [0.5, 0.6) is 5.75 Å². The van der Waals surface area contributed by atoms with Gasteiger partial charge in [-0.05, 0) is 47.0 Å². The highest BCUT2D eigenvalue weighted by atomic mass is 16.5. The normalized spacial score (nSPS) is 11.2. The first-order valence-electron chi connectivity index (χ1n) is 8.10. The number of benzene rings is 3. The summed E-state index contributed by atoms with van der Waals surface area (Å²) >= 11 is 0. The van der Waals surface area contributed by atoms with Crippen LogP contribution in [-0.4, -0.2) is 12.1 Å². The quantitative estimate of drug-likeness (QED) is 0.484. The van der Waals surface area contributed by atoms with Crippen molar-refractivity contribution >= 4 is 23.3 Å². The molecule has 3 aromatic carbocycles. The maximum absolute atomic E-state index is 5.80. The predicted octanol–water partition coefficient (Wildman–Crippen LogP) is 5.67. The molecule has 25 heavy (non-hydrogen) atoms. The standard InChI is InChI=1S/C22H17NO2/c1-24-19-11-7-16(8-12-19)9-14-22-23-20-15-18(10-13-21(20)25-22)17-5-3-2-4-6-17/h2-15H,1H3/b14-9+. The molecular weight excluding hydrogens is 310 g/mol. The molecule has 0 radical (unpaired) electrons. The molecule has 122 valence electrons. The highest BCUT2D eigenvalue weighted by Crippen LogP contribution is 2.25. The van der Waals surface area contributed by atoms with Gasteiger partial charge in [-0.1, -0.05) is 48.5 Å². The SMILES string of the molecule is COc1ccc(/C=C/c2nc3cc(-c4ccccc4)ccc3o2)cc1. The molecule has 0 aliphatic carbocycles. The van der Waals surface area contributed by atoms with Gasteiger partial charge in [-0.15, -0.1) is 0 Å². The van der Waals surface area contributed by atoms with E-state index < -0.39 is 0 Å². The van der Waals surface area contributed by atoms with Crippen LogP contribution in [0.15, 0.2) is 77.2 Å². The lowest BCUT2D eigenvalue weighted by Crippen LogP contribution is -1.81. The number of oxazole rings is 1. The van der Waals surface area contributed by atoms with Crippen LogP contribution in [-0.2, 0) is 0 Å². The van der Waals surface area contributed by atoms with Crippen molar-refractivity contribution in [3.63, 3.8) is 0 Å². The van der Waals surface area contributed by atoms with Crippen LogP contribution in [0.1, 0.15) is 11.5 Å². The molecule has 0 amide bonds. The van der Waals surface area contributed by atoms with Crippen molar-refractivity contribution in [3.8, 4) is 16.9 Å². The minimum atomic E-state index is 0.594. The fourth-order valence-corrected chi connectivity index (χ4v) is 2.71.